The van der Waals surface area contributed by atoms with Crippen molar-refractivity contribution >= 4 is 19.9 Å². The molecule has 0 aliphatic heterocycles. The van der Waals surface area contributed by atoms with Crippen LogP contribution in [0.25, 0.3) is 0 Å². The fourth-order valence-electron chi connectivity index (χ4n) is 1.03. The molecule has 0 aromatic rings. The van der Waals surface area contributed by atoms with Crippen LogP contribution in [0, 0.1) is 0 Å². The van der Waals surface area contributed by atoms with Gasteiger partial charge in [-0.1, -0.05) is 0 Å². The Bertz CT molecular complexity index is 246. The number of aliphatic hydroxyl groups is 4. The fourth-order valence-corrected chi connectivity index (χ4v) is 1.03. The van der Waals surface area contributed by atoms with Gasteiger partial charge in [0, 0.05) is 0 Å². The maximum atomic E-state index is 11.0. The Balaban J connectivity index is 5.19. The molecule has 0 heterocycles. The summed E-state index contributed by atoms with van der Waals surface area (Å²) in [5, 5.41) is 70.4. The molecule has 0 spiro atoms. The average Bonchev–Trinajstić information content (AvgIpc) is 2.24. The van der Waals surface area contributed by atoms with Gasteiger partial charge in [0.2, 0.25) is 0 Å². The second-order valence-corrected chi connectivity index (χ2v) is 3.13. The quantitative estimate of drug-likeness (QED) is 0.209. The van der Waals surface area contributed by atoms with E-state index >= 15 is 0 Å². The highest BCUT2D eigenvalue weighted by Crippen LogP contribution is 2.17. The normalized spacial score (nSPS) is 18.5. The third-order valence-corrected chi connectivity index (χ3v) is 2.03. The van der Waals surface area contributed by atoms with Crippen LogP contribution in [0.5, 0.6) is 0 Å². The molecule has 11 heteroatoms. The van der Waals surface area contributed by atoms with E-state index in [9.17, 15) is 15.0 Å². The van der Waals surface area contributed by atoms with Gasteiger partial charge >= 0.3 is 14.2 Å². The minimum absolute atomic E-state index is 1.09. The number of hydrogen-bond donors (Lipinski definition) is 8. The molecule has 8 N–H and O–H groups in total. The highest BCUT2D eigenvalue weighted by atomic mass is 16.4. The molecule has 0 saturated heterocycles. The van der Waals surface area contributed by atoms with Crippen LogP contribution in [0.4, 0.5) is 0 Å². The summed E-state index contributed by atoms with van der Waals surface area (Å²) in [7, 11) is -5.66. The van der Waals surface area contributed by atoms with Gasteiger partial charge in [0.05, 0.1) is 6.61 Å². The molecule has 0 aliphatic carbocycles. The van der Waals surface area contributed by atoms with E-state index in [0.29, 0.717) is 0 Å². The summed E-state index contributed by atoms with van der Waals surface area (Å²) in [4.78, 5) is 11.0. The van der Waals surface area contributed by atoms with Gasteiger partial charge < -0.3 is 45.3 Å². The largest absolute Gasteiger partial charge is 0.529 e. The molecule has 0 amide bonds. The van der Waals surface area contributed by atoms with E-state index in [1.165, 1.54) is 0 Å². The molecular weight excluding hydrogens is 226 g/mol. The third-order valence-electron chi connectivity index (χ3n) is 2.03. The van der Waals surface area contributed by atoms with Gasteiger partial charge in [0.25, 0.3) is 0 Å². The molecule has 16 heavy (non-hydrogen) atoms. The molecule has 0 aromatic heterocycles. The molecule has 0 fully saturated rings. The first-order valence-electron chi connectivity index (χ1n) is 4.15. The second-order valence-electron chi connectivity index (χ2n) is 3.13. The van der Waals surface area contributed by atoms with Crippen molar-refractivity contribution in [1.82, 2.24) is 0 Å². The van der Waals surface area contributed by atoms with Crippen molar-refractivity contribution in [3.63, 3.8) is 0 Å². The van der Waals surface area contributed by atoms with Gasteiger partial charge in [-0.15, -0.1) is 0 Å². The Labute approximate surface area is 90.5 Å². The van der Waals surface area contributed by atoms with Gasteiger partial charge in [-0.2, -0.15) is 0 Å². The SMILES string of the molecule is O=C(B(O)O)[C@@](O)(B(O)O)[C@H](O)[C@H](O)CO. The molecule has 0 radical (unpaired) electrons. The van der Waals surface area contributed by atoms with E-state index in [1.807, 2.05) is 0 Å². The van der Waals surface area contributed by atoms with Gasteiger partial charge in [-0.05, 0) is 0 Å². The number of carbonyl (C=O) groups is 1. The van der Waals surface area contributed by atoms with Gasteiger partial charge in [0.15, 0.2) is 11.2 Å². The first-order chi connectivity index (χ1) is 7.19. The van der Waals surface area contributed by atoms with E-state index in [1.54, 1.807) is 0 Å². The van der Waals surface area contributed by atoms with E-state index < -0.39 is 44.2 Å². The van der Waals surface area contributed by atoms with Crippen LogP contribution < -0.4 is 0 Å². The van der Waals surface area contributed by atoms with Crippen molar-refractivity contribution in [3.05, 3.63) is 0 Å². The summed E-state index contributed by atoms with van der Waals surface area (Å²) in [6.07, 6.45) is -4.58. The highest BCUT2D eigenvalue weighted by Gasteiger charge is 2.58. The van der Waals surface area contributed by atoms with Gasteiger partial charge in [0.1, 0.15) is 12.2 Å². The number of rotatable bonds is 6. The zero-order valence-corrected chi connectivity index (χ0v) is 8.00. The summed E-state index contributed by atoms with van der Waals surface area (Å²) >= 11 is 0. The molecule has 0 bridgehead atoms. The van der Waals surface area contributed by atoms with Crippen molar-refractivity contribution in [2.45, 2.75) is 17.7 Å². The van der Waals surface area contributed by atoms with E-state index in [-0.39, 0.29) is 0 Å². The number of hydrogen-bond acceptors (Lipinski definition) is 9. The molecular formula is C5H12B2O9. The average molecular weight is 238 g/mol. The first kappa shape index (κ1) is 15.5. The Kier molecular flexibility index (Phi) is 5.52. The molecule has 92 valence electrons. The second kappa shape index (κ2) is 5.70. The monoisotopic (exact) mass is 238 g/mol. The Morgan fingerprint density at radius 1 is 1.19 bits per heavy atom. The maximum Gasteiger partial charge on any atom is 0.529 e. The summed E-state index contributed by atoms with van der Waals surface area (Å²) in [6, 6.07) is 0. The van der Waals surface area contributed by atoms with Crippen LogP contribution in [0.1, 0.15) is 0 Å². The molecule has 9 nitrogen and oxygen atoms in total. The van der Waals surface area contributed by atoms with E-state index in [4.69, 9.17) is 30.3 Å². The molecule has 0 aromatic carbocycles. The van der Waals surface area contributed by atoms with Crippen LogP contribution in [0.2, 0.25) is 0 Å². The maximum absolute atomic E-state index is 11.0. The molecule has 0 saturated carbocycles. The zero-order valence-electron chi connectivity index (χ0n) is 8.00. The summed E-state index contributed by atoms with van der Waals surface area (Å²) < 4.78 is 0. The van der Waals surface area contributed by atoms with Crippen LogP contribution in [-0.4, -0.2) is 84.8 Å². The minimum atomic E-state index is -3.42. The summed E-state index contributed by atoms with van der Waals surface area (Å²) in [5.41, 5.74) is -5.35. The smallest absolute Gasteiger partial charge is 0.425 e. The topological polar surface area (TPSA) is 179 Å². The lowest BCUT2D eigenvalue weighted by molar-refractivity contribution is -0.147. The predicted octanol–water partition coefficient (Wildman–Crippen LogP) is -5.98. The van der Waals surface area contributed by atoms with Gasteiger partial charge in [-0.3, -0.25) is 0 Å². The Morgan fingerprint density at radius 2 is 1.62 bits per heavy atom. The van der Waals surface area contributed by atoms with Crippen LogP contribution >= 0.6 is 0 Å². The molecule has 0 unspecified atom stereocenters. The van der Waals surface area contributed by atoms with Crippen LogP contribution in [-0.2, 0) is 4.79 Å². The zero-order chi connectivity index (χ0) is 13.1. The van der Waals surface area contributed by atoms with Crippen molar-refractivity contribution < 1.29 is 45.3 Å². The Morgan fingerprint density at radius 3 is 1.88 bits per heavy atom. The standard InChI is InChI=1S/C5H12B2O9/c8-1-2(9)3(10)5(12,7(15)16)4(11)6(13)14/h2-3,8-10,12-16H,1H2/t2-,3-,5-/m1/s1. The highest BCUT2D eigenvalue weighted by molar-refractivity contribution is 6.84. The van der Waals surface area contributed by atoms with Crippen molar-refractivity contribution in [2.24, 2.45) is 0 Å². The molecule has 0 rings (SSSR count). The predicted molar refractivity (Wildman–Crippen MR) is 49.4 cm³/mol. The summed E-state index contributed by atoms with van der Waals surface area (Å²) in [5.74, 6) is 0. The number of carbonyl (C=O) groups excluding carboxylic acids is 1. The van der Waals surface area contributed by atoms with Crippen molar-refractivity contribution in [2.75, 3.05) is 6.61 Å². The van der Waals surface area contributed by atoms with Gasteiger partial charge in [-0.25, -0.2) is 0 Å². The Hall–Kier alpha value is -0.520. The lowest BCUT2D eigenvalue weighted by Gasteiger charge is -2.32. The van der Waals surface area contributed by atoms with Crippen molar-refractivity contribution in [1.29, 1.82) is 0 Å². The van der Waals surface area contributed by atoms with E-state index in [0.717, 1.165) is 0 Å². The fraction of sp³-hybridized carbons (Fsp3) is 0.800. The first-order valence-corrected chi connectivity index (χ1v) is 4.15. The van der Waals surface area contributed by atoms with Crippen LogP contribution in [0.15, 0.2) is 0 Å². The minimum Gasteiger partial charge on any atom is -0.425 e. The van der Waals surface area contributed by atoms with Crippen molar-refractivity contribution in [3.8, 4) is 0 Å². The molecule has 0 aliphatic rings. The lowest BCUT2D eigenvalue weighted by atomic mass is 9.54. The lowest BCUT2D eigenvalue weighted by Crippen LogP contribution is -2.68. The van der Waals surface area contributed by atoms with Crippen LogP contribution in [0.3, 0.4) is 0 Å². The molecule has 3 atom stereocenters. The third kappa shape index (κ3) is 2.78. The summed E-state index contributed by atoms with van der Waals surface area (Å²) in [6.45, 7) is -1.09. The van der Waals surface area contributed by atoms with E-state index in [2.05, 4.69) is 0 Å². The number of aliphatic hydroxyl groups excluding tert-OH is 3.